The maximum Gasteiger partial charge on any atom is 0.303 e. The van der Waals surface area contributed by atoms with Crippen LogP contribution in [0.5, 0.6) is 0 Å². The monoisotopic (exact) mass is 426 g/mol. The molecule has 0 saturated heterocycles. The highest BCUT2D eigenvalue weighted by Crippen LogP contribution is 2.48. The summed E-state index contributed by atoms with van der Waals surface area (Å²) in [5.41, 5.74) is -0.0125. The van der Waals surface area contributed by atoms with Crippen molar-refractivity contribution >= 4 is 23.4 Å². The number of allylic oxidation sites excluding steroid dienone is 2. The quantitative estimate of drug-likeness (QED) is 0.232. The number of unbranched alkanes of at least 4 members (excludes halogenated alkanes) is 1. The van der Waals surface area contributed by atoms with Crippen LogP contribution in [-0.4, -0.2) is 45.2 Å². The number of ketones is 1. The molecule has 3 N–H and O–H groups in total. The molecule has 5 nitrogen and oxygen atoms in total. The summed E-state index contributed by atoms with van der Waals surface area (Å²) < 4.78 is 0. The van der Waals surface area contributed by atoms with Crippen LogP contribution >= 0.6 is 11.6 Å². The van der Waals surface area contributed by atoms with E-state index in [1.165, 1.54) is 0 Å². The van der Waals surface area contributed by atoms with E-state index in [9.17, 15) is 19.8 Å². The number of hydrogen-bond donors (Lipinski definition) is 3. The summed E-state index contributed by atoms with van der Waals surface area (Å²) in [6, 6.07) is 0. The number of aliphatic carboxylic acids is 1. The van der Waals surface area contributed by atoms with Crippen LogP contribution in [0, 0.1) is 17.3 Å². The Labute approximate surface area is 178 Å². The number of aliphatic hydroxyl groups is 2. The Morgan fingerprint density at radius 2 is 2.00 bits per heavy atom. The van der Waals surface area contributed by atoms with E-state index in [2.05, 4.69) is 0 Å². The molecule has 1 unspecified atom stereocenters. The zero-order chi connectivity index (χ0) is 21.3. The van der Waals surface area contributed by atoms with E-state index in [1.54, 1.807) is 0 Å². The van der Waals surface area contributed by atoms with Gasteiger partial charge in [0.1, 0.15) is 5.78 Å². The summed E-state index contributed by atoms with van der Waals surface area (Å²) in [6.45, 7) is 0. The fraction of sp³-hybridized carbons (Fsp3) is 0.739. The Morgan fingerprint density at radius 1 is 1.24 bits per heavy atom. The number of hydrogen-bond acceptors (Lipinski definition) is 4. The topological polar surface area (TPSA) is 94.8 Å². The van der Waals surface area contributed by atoms with Crippen molar-refractivity contribution in [1.82, 2.24) is 0 Å². The molecule has 2 saturated carbocycles. The van der Waals surface area contributed by atoms with Crippen molar-refractivity contribution in [2.24, 2.45) is 17.3 Å². The largest absolute Gasteiger partial charge is 0.481 e. The minimum atomic E-state index is -0.800. The SMILES string of the molecule is O=C(O)CCC/C=C\C[C@H]1C(=O)C[C@@H](O)[C@@H]1/C=C/CC(O)C1(CCCCl)CCC1. The lowest BCUT2D eigenvalue weighted by atomic mass is 9.62. The first kappa shape index (κ1) is 24.1. The number of carboxylic acids is 1. The second-order valence-corrected chi connectivity index (χ2v) is 8.98. The second kappa shape index (κ2) is 11.9. The van der Waals surface area contributed by atoms with Crippen molar-refractivity contribution in [2.45, 2.75) is 82.8 Å². The smallest absolute Gasteiger partial charge is 0.303 e. The molecule has 2 rings (SSSR count). The average molecular weight is 427 g/mol. The first-order valence-electron chi connectivity index (χ1n) is 10.9. The lowest BCUT2D eigenvalue weighted by molar-refractivity contribution is -0.137. The molecule has 0 aromatic carbocycles. The van der Waals surface area contributed by atoms with Crippen molar-refractivity contribution in [1.29, 1.82) is 0 Å². The molecule has 0 aromatic rings. The molecule has 0 aromatic heterocycles. The minimum absolute atomic E-state index is 0.0125. The van der Waals surface area contributed by atoms with E-state index in [-0.39, 0.29) is 35.9 Å². The van der Waals surface area contributed by atoms with Crippen LogP contribution in [0.1, 0.15) is 70.6 Å². The molecule has 0 heterocycles. The highest BCUT2D eigenvalue weighted by molar-refractivity contribution is 6.17. The van der Waals surface area contributed by atoms with Gasteiger partial charge in [-0.3, -0.25) is 9.59 Å². The Balaban J connectivity index is 1.85. The molecular formula is C23H35ClO5. The van der Waals surface area contributed by atoms with Crippen LogP contribution < -0.4 is 0 Å². The minimum Gasteiger partial charge on any atom is -0.481 e. The summed E-state index contributed by atoms with van der Waals surface area (Å²) in [5.74, 6) is -0.583. The predicted molar refractivity (Wildman–Crippen MR) is 114 cm³/mol. The molecule has 164 valence electrons. The fourth-order valence-corrected chi connectivity index (χ4v) is 4.81. The van der Waals surface area contributed by atoms with Crippen LogP contribution in [0.4, 0.5) is 0 Å². The van der Waals surface area contributed by atoms with Crippen molar-refractivity contribution in [3.8, 4) is 0 Å². The normalized spacial score (nSPS) is 27.6. The molecule has 29 heavy (non-hydrogen) atoms. The molecule has 2 aliphatic carbocycles. The van der Waals surface area contributed by atoms with E-state index in [0.29, 0.717) is 31.6 Å². The Kier molecular flexibility index (Phi) is 9.87. The third-order valence-electron chi connectivity index (χ3n) is 6.63. The van der Waals surface area contributed by atoms with E-state index in [1.807, 2.05) is 24.3 Å². The van der Waals surface area contributed by atoms with Gasteiger partial charge in [-0.2, -0.15) is 0 Å². The first-order valence-corrected chi connectivity index (χ1v) is 11.4. The third-order valence-corrected chi connectivity index (χ3v) is 6.90. The van der Waals surface area contributed by atoms with Gasteiger partial charge in [0, 0.05) is 30.6 Å². The Morgan fingerprint density at radius 3 is 2.62 bits per heavy atom. The molecule has 0 bridgehead atoms. The van der Waals surface area contributed by atoms with Crippen molar-refractivity contribution < 1.29 is 24.9 Å². The molecule has 4 atom stereocenters. The molecule has 2 aliphatic rings. The van der Waals surface area contributed by atoms with Crippen LogP contribution in [0.15, 0.2) is 24.3 Å². The van der Waals surface area contributed by atoms with Crippen molar-refractivity contribution in [3.05, 3.63) is 24.3 Å². The fourth-order valence-electron chi connectivity index (χ4n) is 4.67. The third kappa shape index (κ3) is 6.94. The van der Waals surface area contributed by atoms with Crippen LogP contribution in [0.2, 0.25) is 0 Å². The zero-order valence-corrected chi connectivity index (χ0v) is 17.9. The summed E-state index contributed by atoms with van der Waals surface area (Å²) >= 11 is 5.83. The molecule has 0 aliphatic heterocycles. The van der Waals surface area contributed by atoms with Gasteiger partial charge in [0.15, 0.2) is 0 Å². The molecule has 2 fully saturated rings. The van der Waals surface area contributed by atoms with Crippen molar-refractivity contribution in [2.75, 3.05) is 5.88 Å². The number of alkyl halides is 1. The number of carbonyl (C=O) groups excluding carboxylic acids is 1. The summed E-state index contributed by atoms with van der Waals surface area (Å²) in [7, 11) is 0. The van der Waals surface area contributed by atoms with Gasteiger partial charge < -0.3 is 15.3 Å². The number of halogens is 1. The lowest BCUT2D eigenvalue weighted by Crippen LogP contribution is -2.41. The van der Waals surface area contributed by atoms with Gasteiger partial charge in [-0.25, -0.2) is 0 Å². The van der Waals surface area contributed by atoms with E-state index >= 15 is 0 Å². The number of carboxylic acid groups (broad SMARTS) is 1. The van der Waals surface area contributed by atoms with Gasteiger partial charge in [-0.05, 0) is 56.8 Å². The highest BCUT2D eigenvalue weighted by Gasteiger charge is 2.42. The van der Waals surface area contributed by atoms with Crippen LogP contribution in [0.3, 0.4) is 0 Å². The standard InChI is InChI=1S/C23H35ClO5/c24-15-7-14-23(12-6-13-23)21(27)10-5-9-18-17(19(25)16-20(18)26)8-3-1-2-4-11-22(28)29/h1,3,5,9,17-18,20-21,26-27H,2,4,6-8,10-16H2,(H,28,29)/b3-1-,9-5+/t17-,18-,20-,21?/m1/s1. The number of rotatable bonds is 13. The van der Waals surface area contributed by atoms with Gasteiger partial charge in [0.05, 0.1) is 12.2 Å². The van der Waals surface area contributed by atoms with Gasteiger partial charge in [-0.1, -0.05) is 30.7 Å². The van der Waals surface area contributed by atoms with E-state index in [4.69, 9.17) is 16.7 Å². The van der Waals surface area contributed by atoms with Gasteiger partial charge in [0.25, 0.3) is 0 Å². The molecule has 0 spiro atoms. The summed E-state index contributed by atoms with van der Waals surface area (Å²) in [4.78, 5) is 22.8. The molecule has 0 amide bonds. The van der Waals surface area contributed by atoms with Crippen molar-refractivity contribution in [3.63, 3.8) is 0 Å². The molecule has 0 radical (unpaired) electrons. The predicted octanol–water partition coefficient (Wildman–Crippen LogP) is 4.25. The van der Waals surface area contributed by atoms with Gasteiger partial charge >= 0.3 is 5.97 Å². The lowest BCUT2D eigenvalue weighted by Gasteiger charge is -2.45. The first-order chi connectivity index (χ1) is 13.9. The van der Waals surface area contributed by atoms with Gasteiger partial charge in [-0.15, -0.1) is 11.6 Å². The number of Topliss-reactive ketones (excluding diaryl/α,β-unsaturated/α-hetero) is 1. The van der Waals surface area contributed by atoms with Crippen LogP contribution in [0.25, 0.3) is 0 Å². The van der Waals surface area contributed by atoms with Crippen LogP contribution in [-0.2, 0) is 9.59 Å². The second-order valence-electron chi connectivity index (χ2n) is 8.60. The maximum atomic E-state index is 12.3. The molecular weight excluding hydrogens is 392 g/mol. The maximum absolute atomic E-state index is 12.3. The molecule has 6 heteroatoms. The van der Waals surface area contributed by atoms with E-state index < -0.39 is 18.2 Å². The summed E-state index contributed by atoms with van der Waals surface area (Å²) in [6.07, 6.45) is 14.4. The summed E-state index contributed by atoms with van der Waals surface area (Å²) in [5, 5.41) is 29.6. The highest BCUT2D eigenvalue weighted by atomic mass is 35.5. The zero-order valence-electron chi connectivity index (χ0n) is 17.1. The Bertz CT molecular complexity index is 596. The average Bonchev–Trinajstić information content (AvgIpc) is 2.90. The number of aliphatic hydroxyl groups excluding tert-OH is 2. The van der Waals surface area contributed by atoms with Gasteiger partial charge in [0.2, 0.25) is 0 Å². The number of carbonyl (C=O) groups is 2. The van der Waals surface area contributed by atoms with E-state index in [0.717, 1.165) is 32.1 Å². The Hall–Kier alpha value is -1.17.